The van der Waals surface area contributed by atoms with Crippen molar-refractivity contribution in [3.05, 3.63) is 65.7 Å². The molecule has 0 N–H and O–H groups in total. The molecule has 4 nitrogen and oxygen atoms in total. The fourth-order valence-corrected chi connectivity index (χ4v) is 2.94. The van der Waals surface area contributed by atoms with Crippen LogP contribution in [-0.2, 0) is 11.3 Å². The Bertz CT molecular complexity index is 664. The van der Waals surface area contributed by atoms with Gasteiger partial charge in [-0.25, -0.2) is 0 Å². The maximum atomic E-state index is 12.3. The van der Waals surface area contributed by atoms with Crippen LogP contribution in [0.1, 0.15) is 11.1 Å². The van der Waals surface area contributed by atoms with Crippen molar-refractivity contribution >= 4 is 5.91 Å². The van der Waals surface area contributed by atoms with Crippen LogP contribution in [0.25, 0.3) is 0 Å². The molecule has 1 aliphatic heterocycles. The number of carbonyl (C=O) groups is 1. The fraction of sp³-hybridized carbons (Fsp3) is 0.350. The summed E-state index contributed by atoms with van der Waals surface area (Å²) in [6.45, 7) is 6.42. The molecule has 0 unspecified atom stereocenters. The molecule has 1 amide bonds. The molecule has 0 saturated carbocycles. The van der Waals surface area contributed by atoms with Crippen LogP contribution in [0.3, 0.4) is 0 Å². The van der Waals surface area contributed by atoms with Crippen LogP contribution in [0, 0.1) is 6.92 Å². The molecular weight excluding hydrogens is 300 g/mol. The highest BCUT2D eigenvalue weighted by Crippen LogP contribution is 2.13. The molecule has 1 heterocycles. The molecule has 0 bridgehead atoms. The van der Waals surface area contributed by atoms with Gasteiger partial charge in [-0.2, -0.15) is 0 Å². The SMILES string of the molecule is Cc1cccc(OCC(=O)N2CCN(Cc3ccccc3)CC2)c1. The summed E-state index contributed by atoms with van der Waals surface area (Å²) in [4.78, 5) is 16.6. The van der Waals surface area contributed by atoms with Crippen LogP contribution in [0.4, 0.5) is 0 Å². The van der Waals surface area contributed by atoms with Crippen LogP contribution in [0.5, 0.6) is 5.75 Å². The molecule has 2 aromatic rings. The number of hydrogen-bond acceptors (Lipinski definition) is 3. The largest absolute Gasteiger partial charge is 0.484 e. The van der Waals surface area contributed by atoms with Crippen LogP contribution in [0.2, 0.25) is 0 Å². The van der Waals surface area contributed by atoms with E-state index in [0.29, 0.717) is 0 Å². The van der Waals surface area contributed by atoms with Gasteiger partial charge in [0.05, 0.1) is 0 Å². The quantitative estimate of drug-likeness (QED) is 0.848. The minimum atomic E-state index is 0.0656. The minimum absolute atomic E-state index is 0.0656. The lowest BCUT2D eigenvalue weighted by Crippen LogP contribution is -2.49. The van der Waals surface area contributed by atoms with E-state index in [2.05, 4.69) is 29.2 Å². The van der Waals surface area contributed by atoms with Gasteiger partial charge in [0.15, 0.2) is 6.61 Å². The van der Waals surface area contributed by atoms with Gasteiger partial charge in [0, 0.05) is 32.7 Å². The van der Waals surface area contributed by atoms with Crippen molar-refractivity contribution in [2.24, 2.45) is 0 Å². The van der Waals surface area contributed by atoms with Crippen molar-refractivity contribution in [1.29, 1.82) is 0 Å². The van der Waals surface area contributed by atoms with E-state index in [-0.39, 0.29) is 12.5 Å². The van der Waals surface area contributed by atoms with Crippen molar-refractivity contribution in [1.82, 2.24) is 9.80 Å². The molecular formula is C20H24N2O2. The highest BCUT2D eigenvalue weighted by molar-refractivity contribution is 5.77. The molecule has 24 heavy (non-hydrogen) atoms. The van der Waals surface area contributed by atoms with Crippen LogP contribution in [-0.4, -0.2) is 48.5 Å². The van der Waals surface area contributed by atoms with Crippen LogP contribution >= 0.6 is 0 Å². The van der Waals surface area contributed by atoms with Gasteiger partial charge in [-0.15, -0.1) is 0 Å². The number of carbonyl (C=O) groups excluding carboxylic acids is 1. The highest BCUT2D eigenvalue weighted by Gasteiger charge is 2.21. The van der Waals surface area contributed by atoms with E-state index in [9.17, 15) is 4.79 Å². The maximum absolute atomic E-state index is 12.3. The molecule has 126 valence electrons. The third-order valence-corrected chi connectivity index (χ3v) is 4.33. The smallest absolute Gasteiger partial charge is 0.260 e. The highest BCUT2D eigenvalue weighted by atomic mass is 16.5. The van der Waals surface area contributed by atoms with Gasteiger partial charge < -0.3 is 9.64 Å². The molecule has 0 aliphatic carbocycles. The van der Waals surface area contributed by atoms with Gasteiger partial charge >= 0.3 is 0 Å². The van der Waals surface area contributed by atoms with Crippen molar-refractivity contribution in [2.45, 2.75) is 13.5 Å². The number of aryl methyl sites for hydroxylation is 1. The van der Waals surface area contributed by atoms with E-state index >= 15 is 0 Å². The van der Waals surface area contributed by atoms with Gasteiger partial charge in [-0.3, -0.25) is 9.69 Å². The zero-order valence-electron chi connectivity index (χ0n) is 14.1. The number of rotatable bonds is 5. The van der Waals surface area contributed by atoms with Gasteiger partial charge in [-0.1, -0.05) is 42.5 Å². The summed E-state index contributed by atoms with van der Waals surface area (Å²) in [7, 11) is 0. The van der Waals surface area contributed by atoms with Gasteiger partial charge in [0.1, 0.15) is 5.75 Å². The second kappa shape index (κ2) is 7.97. The maximum Gasteiger partial charge on any atom is 0.260 e. The van der Waals surface area contributed by atoms with Gasteiger partial charge in [0.25, 0.3) is 5.91 Å². The third-order valence-electron chi connectivity index (χ3n) is 4.33. The first-order valence-corrected chi connectivity index (χ1v) is 8.44. The zero-order valence-corrected chi connectivity index (χ0v) is 14.1. The molecule has 0 radical (unpaired) electrons. The molecule has 4 heteroatoms. The summed E-state index contributed by atoms with van der Waals surface area (Å²) in [6.07, 6.45) is 0. The number of nitrogens with zero attached hydrogens (tertiary/aromatic N) is 2. The second-order valence-electron chi connectivity index (χ2n) is 6.25. The number of amides is 1. The number of benzene rings is 2. The zero-order chi connectivity index (χ0) is 16.8. The number of ether oxygens (including phenoxy) is 1. The molecule has 1 aliphatic rings. The number of piperazine rings is 1. The van der Waals surface area contributed by atoms with E-state index in [0.717, 1.165) is 44.0 Å². The van der Waals surface area contributed by atoms with Crippen molar-refractivity contribution in [3.8, 4) is 5.75 Å². The Balaban J connectivity index is 1.43. The lowest BCUT2D eigenvalue weighted by molar-refractivity contribution is -0.135. The Morgan fingerprint density at radius 3 is 2.46 bits per heavy atom. The molecule has 2 aromatic carbocycles. The second-order valence-corrected chi connectivity index (χ2v) is 6.25. The average Bonchev–Trinajstić information content (AvgIpc) is 2.61. The van der Waals surface area contributed by atoms with E-state index in [1.165, 1.54) is 5.56 Å². The predicted molar refractivity (Wildman–Crippen MR) is 95.0 cm³/mol. The first-order valence-electron chi connectivity index (χ1n) is 8.44. The number of hydrogen-bond donors (Lipinski definition) is 0. The van der Waals surface area contributed by atoms with E-state index in [1.54, 1.807) is 0 Å². The Hall–Kier alpha value is -2.33. The lowest BCUT2D eigenvalue weighted by Gasteiger charge is -2.34. The van der Waals surface area contributed by atoms with Crippen LogP contribution < -0.4 is 4.74 Å². The van der Waals surface area contributed by atoms with Crippen molar-refractivity contribution in [3.63, 3.8) is 0 Å². The monoisotopic (exact) mass is 324 g/mol. The van der Waals surface area contributed by atoms with Crippen LogP contribution in [0.15, 0.2) is 54.6 Å². The average molecular weight is 324 g/mol. The molecule has 0 aromatic heterocycles. The predicted octanol–water partition coefficient (Wildman–Crippen LogP) is 2.72. The summed E-state index contributed by atoms with van der Waals surface area (Å²) >= 11 is 0. The van der Waals surface area contributed by atoms with Crippen molar-refractivity contribution in [2.75, 3.05) is 32.8 Å². The third kappa shape index (κ3) is 4.59. The first kappa shape index (κ1) is 16.5. The topological polar surface area (TPSA) is 32.8 Å². The van der Waals surface area contributed by atoms with E-state index < -0.39 is 0 Å². The summed E-state index contributed by atoms with van der Waals surface area (Å²) in [5.74, 6) is 0.821. The van der Waals surface area contributed by atoms with Gasteiger partial charge in [-0.05, 0) is 30.2 Å². The first-order chi connectivity index (χ1) is 11.7. The standard InChI is InChI=1S/C20H24N2O2/c1-17-6-5-9-19(14-17)24-16-20(23)22-12-10-21(11-13-22)15-18-7-3-2-4-8-18/h2-9,14H,10-13,15-16H2,1H3. The lowest BCUT2D eigenvalue weighted by atomic mass is 10.2. The fourth-order valence-electron chi connectivity index (χ4n) is 2.94. The molecule has 3 rings (SSSR count). The summed E-state index contributed by atoms with van der Waals surface area (Å²) < 4.78 is 5.62. The Labute approximate surface area is 143 Å². The molecule has 0 atom stereocenters. The summed E-state index contributed by atoms with van der Waals surface area (Å²) in [5.41, 5.74) is 2.45. The Morgan fingerprint density at radius 2 is 1.75 bits per heavy atom. The normalized spacial score (nSPS) is 15.3. The molecule has 1 saturated heterocycles. The summed E-state index contributed by atoms with van der Waals surface area (Å²) in [6, 6.07) is 18.3. The minimum Gasteiger partial charge on any atom is -0.484 e. The van der Waals surface area contributed by atoms with E-state index in [1.807, 2.05) is 42.2 Å². The van der Waals surface area contributed by atoms with E-state index in [4.69, 9.17) is 4.74 Å². The van der Waals surface area contributed by atoms with Gasteiger partial charge in [0.2, 0.25) is 0 Å². The Morgan fingerprint density at radius 1 is 1.00 bits per heavy atom. The summed E-state index contributed by atoms with van der Waals surface area (Å²) in [5, 5.41) is 0. The van der Waals surface area contributed by atoms with Crippen molar-refractivity contribution < 1.29 is 9.53 Å². The molecule has 0 spiro atoms. The Kier molecular flexibility index (Phi) is 5.49. The molecule has 1 fully saturated rings.